The quantitative estimate of drug-likeness (QED) is 0.750. The van der Waals surface area contributed by atoms with Gasteiger partial charge in [0.1, 0.15) is 11.9 Å². The third-order valence-electron chi connectivity index (χ3n) is 4.34. The van der Waals surface area contributed by atoms with E-state index in [1.54, 1.807) is 36.7 Å². The Kier molecular flexibility index (Phi) is 3.68. The monoisotopic (exact) mass is 338 g/mol. The molecular formula is C18H15FN4O2. The highest BCUT2D eigenvalue weighted by molar-refractivity contribution is 6.00. The molecule has 7 heteroatoms. The number of imidazole rings is 1. The molecule has 2 heterocycles. The van der Waals surface area contributed by atoms with Crippen molar-refractivity contribution in [1.82, 2.24) is 20.2 Å². The summed E-state index contributed by atoms with van der Waals surface area (Å²) in [5.74, 6) is -1.21. The van der Waals surface area contributed by atoms with Crippen LogP contribution >= 0.6 is 0 Å². The lowest BCUT2D eigenvalue weighted by Crippen LogP contribution is -2.52. The van der Waals surface area contributed by atoms with Gasteiger partial charge in [-0.05, 0) is 24.3 Å². The zero-order chi connectivity index (χ0) is 17.4. The first kappa shape index (κ1) is 15.3. The number of rotatable bonds is 2. The van der Waals surface area contributed by atoms with E-state index >= 15 is 0 Å². The molecule has 1 aliphatic heterocycles. The largest absolute Gasteiger partial charge is 0.352 e. The fourth-order valence-corrected chi connectivity index (χ4v) is 3.13. The second-order valence-corrected chi connectivity index (χ2v) is 5.85. The molecule has 2 amide bonds. The van der Waals surface area contributed by atoms with E-state index in [9.17, 15) is 14.0 Å². The van der Waals surface area contributed by atoms with Gasteiger partial charge in [0.15, 0.2) is 0 Å². The molecule has 1 aromatic heterocycles. The number of carbonyl (C=O) groups is 2. The number of aromatic nitrogens is 2. The van der Waals surface area contributed by atoms with Gasteiger partial charge in [0.2, 0.25) is 5.91 Å². The van der Waals surface area contributed by atoms with E-state index in [-0.39, 0.29) is 17.4 Å². The number of hydrogen-bond donors (Lipinski definition) is 2. The predicted molar refractivity (Wildman–Crippen MR) is 89.3 cm³/mol. The first-order valence-electron chi connectivity index (χ1n) is 7.91. The third kappa shape index (κ3) is 2.63. The van der Waals surface area contributed by atoms with Crippen LogP contribution in [0, 0.1) is 5.82 Å². The Morgan fingerprint density at radius 3 is 2.92 bits per heavy atom. The fraction of sp³-hybridized carbons (Fsp3) is 0.167. The van der Waals surface area contributed by atoms with Crippen LogP contribution in [-0.4, -0.2) is 39.8 Å². The Labute approximate surface area is 142 Å². The van der Waals surface area contributed by atoms with Crippen molar-refractivity contribution >= 4 is 22.8 Å². The smallest absolute Gasteiger partial charge is 0.254 e. The van der Waals surface area contributed by atoms with Gasteiger partial charge in [-0.3, -0.25) is 9.59 Å². The first-order valence-corrected chi connectivity index (χ1v) is 7.91. The molecular weight excluding hydrogens is 323 g/mol. The summed E-state index contributed by atoms with van der Waals surface area (Å²) in [4.78, 5) is 33.9. The van der Waals surface area contributed by atoms with E-state index in [0.29, 0.717) is 18.7 Å². The van der Waals surface area contributed by atoms with Crippen molar-refractivity contribution in [3.05, 3.63) is 65.7 Å². The summed E-state index contributed by atoms with van der Waals surface area (Å²) >= 11 is 0. The highest BCUT2D eigenvalue weighted by Gasteiger charge is 2.36. The summed E-state index contributed by atoms with van der Waals surface area (Å²) in [6, 6.07) is 10.1. The Morgan fingerprint density at radius 2 is 2.08 bits per heavy atom. The summed E-state index contributed by atoms with van der Waals surface area (Å²) in [5.41, 5.74) is 2.09. The molecule has 0 radical (unpaired) electrons. The lowest BCUT2D eigenvalue weighted by atomic mass is 10.0. The molecule has 2 N–H and O–H groups in total. The van der Waals surface area contributed by atoms with Crippen molar-refractivity contribution in [2.75, 3.05) is 13.1 Å². The van der Waals surface area contributed by atoms with Gasteiger partial charge in [0.25, 0.3) is 5.91 Å². The maximum absolute atomic E-state index is 14.2. The number of hydrogen-bond acceptors (Lipinski definition) is 3. The van der Waals surface area contributed by atoms with E-state index in [1.165, 1.54) is 17.0 Å². The van der Waals surface area contributed by atoms with Crippen LogP contribution in [0.5, 0.6) is 0 Å². The van der Waals surface area contributed by atoms with Crippen molar-refractivity contribution < 1.29 is 14.0 Å². The number of benzene rings is 2. The van der Waals surface area contributed by atoms with Crippen LogP contribution in [0.4, 0.5) is 4.39 Å². The fourth-order valence-electron chi connectivity index (χ4n) is 3.13. The maximum atomic E-state index is 14.2. The van der Waals surface area contributed by atoms with Crippen LogP contribution in [0.1, 0.15) is 22.0 Å². The maximum Gasteiger partial charge on any atom is 0.254 e. The summed E-state index contributed by atoms with van der Waals surface area (Å²) in [6.07, 6.45) is 1.55. The molecule has 0 spiro atoms. The van der Waals surface area contributed by atoms with Crippen LogP contribution in [-0.2, 0) is 4.79 Å². The minimum absolute atomic E-state index is 0.190. The molecule has 6 nitrogen and oxygen atoms in total. The molecule has 3 aromatic rings. The lowest BCUT2D eigenvalue weighted by molar-refractivity contribution is -0.128. The van der Waals surface area contributed by atoms with Gasteiger partial charge in [-0.15, -0.1) is 0 Å². The highest BCUT2D eigenvalue weighted by Crippen LogP contribution is 2.27. The number of piperazine rings is 1. The molecule has 0 saturated carbocycles. The molecule has 25 heavy (non-hydrogen) atoms. The molecule has 1 atom stereocenters. The van der Waals surface area contributed by atoms with Gasteiger partial charge < -0.3 is 15.2 Å². The number of nitrogens with zero attached hydrogens (tertiary/aromatic N) is 2. The van der Waals surface area contributed by atoms with Crippen LogP contribution < -0.4 is 5.32 Å². The second-order valence-electron chi connectivity index (χ2n) is 5.85. The van der Waals surface area contributed by atoms with Crippen LogP contribution in [0.25, 0.3) is 11.0 Å². The average molecular weight is 338 g/mol. The molecule has 4 rings (SSSR count). The number of carbonyl (C=O) groups excluding carboxylic acids is 2. The number of amides is 2. The summed E-state index contributed by atoms with van der Waals surface area (Å²) in [5, 5.41) is 2.70. The first-order chi connectivity index (χ1) is 12.1. The highest BCUT2D eigenvalue weighted by atomic mass is 19.1. The van der Waals surface area contributed by atoms with Gasteiger partial charge in [0.05, 0.1) is 17.4 Å². The Bertz CT molecular complexity index is 968. The number of fused-ring (bicyclic) bond motifs is 1. The zero-order valence-electron chi connectivity index (χ0n) is 13.2. The van der Waals surface area contributed by atoms with Crippen molar-refractivity contribution in [2.45, 2.75) is 6.04 Å². The Hall–Kier alpha value is -3.22. The standard InChI is InChI=1S/C18H15FN4O2/c19-13-4-2-1-3-12(13)16-17(24)20-7-8-23(16)18(25)11-5-6-14-15(9-11)22-10-21-14/h1-6,9-10,16H,7-8H2,(H,20,24)(H,21,22)/t16-/m1/s1. The zero-order valence-corrected chi connectivity index (χ0v) is 13.2. The van der Waals surface area contributed by atoms with E-state index < -0.39 is 11.9 Å². The SMILES string of the molecule is O=C1NCCN(C(=O)c2ccc3nc[nH]c3c2)[C@@H]1c1ccccc1F. The Balaban J connectivity index is 1.74. The number of aromatic amines is 1. The lowest BCUT2D eigenvalue weighted by Gasteiger charge is -2.35. The molecule has 126 valence electrons. The molecule has 1 saturated heterocycles. The van der Waals surface area contributed by atoms with Crippen LogP contribution in [0.2, 0.25) is 0 Å². The number of halogens is 1. The molecule has 2 aromatic carbocycles. The van der Waals surface area contributed by atoms with E-state index in [1.807, 2.05) is 0 Å². The number of nitrogens with one attached hydrogen (secondary N) is 2. The van der Waals surface area contributed by atoms with Gasteiger partial charge in [-0.2, -0.15) is 0 Å². The molecule has 1 aliphatic rings. The molecule has 0 aliphatic carbocycles. The van der Waals surface area contributed by atoms with E-state index in [2.05, 4.69) is 15.3 Å². The normalized spacial score (nSPS) is 17.6. The predicted octanol–water partition coefficient (Wildman–Crippen LogP) is 2.02. The molecule has 0 unspecified atom stereocenters. The van der Waals surface area contributed by atoms with E-state index in [4.69, 9.17) is 0 Å². The third-order valence-corrected chi connectivity index (χ3v) is 4.34. The second kappa shape index (κ2) is 6.01. The summed E-state index contributed by atoms with van der Waals surface area (Å²) < 4.78 is 14.2. The van der Waals surface area contributed by atoms with Gasteiger partial charge >= 0.3 is 0 Å². The van der Waals surface area contributed by atoms with Gasteiger partial charge in [0, 0.05) is 24.2 Å². The molecule has 0 bridgehead atoms. The van der Waals surface area contributed by atoms with Crippen molar-refractivity contribution in [3.63, 3.8) is 0 Å². The van der Waals surface area contributed by atoms with Crippen LogP contribution in [0.15, 0.2) is 48.8 Å². The minimum atomic E-state index is -0.986. The Morgan fingerprint density at radius 1 is 1.24 bits per heavy atom. The minimum Gasteiger partial charge on any atom is -0.352 e. The van der Waals surface area contributed by atoms with Gasteiger partial charge in [-0.25, -0.2) is 9.37 Å². The van der Waals surface area contributed by atoms with Crippen molar-refractivity contribution in [3.8, 4) is 0 Å². The average Bonchev–Trinajstić information content (AvgIpc) is 3.09. The van der Waals surface area contributed by atoms with Crippen molar-refractivity contribution in [2.24, 2.45) is 0 Å². The van der Waals surface area contributed by atoms with Crippen molar-refractivity contribution in [1.29, 1.82) is 0 Å². The van der Waals surface area contributed by atoms with Gasteiger partial charge in [-0.1, -0.05) is 18.2 Å². The number of H-pyrrole nitrogens is 1. The van der Waals surface area contributed by atoms with E-state index in [0.717, 1.165) is 11.0 Å². The molecule has 1 fully saturated rings. The van der Waals surface area contributed by atoms with Crippen LogP contribution in [0.3, 0.4) is 0 Å². The topological polar surface area (TPSA) is 78.1 Å². The summed E-state index contributed by atoms with van der Waals surface area (Å²) in [6.45, 7) is 0.645. The summed E-state index contributed by atoms with van der Waals surface area (Å²) in [7, 11) is 0.